The molecule has 1 aromatic carbocycles. The third-order valence-corrected chi connectivity index (χ3v) is 3.03. The van der Waals surface area contributed by atoms with Crippen LogP contribution in [-0.4, -0.2) is 13.1 Å². The van der Waals surface area contributed by atoms with Gasteiger partial charge in [-0.25, -0.2) is 0 Å². The molecule has 0 amide bonds. The van der Waals surface area contributed by atoms with Gasteiger partial charge >= 0.3 is 0 Å². The summed E-state index contributed by atoms with van der Waals surface area (Å²) in [6, 6.07) is 8.24. The van der Waals surface area contributed by atoms with Gasteiger partial charge in [-0.15, -0.1) is 0 Å². The number of rotatable bonds is 8. The van der Waals surface area contributed by atoms with Crippen molar-refractivity contribution >= 4 is 11.4 Å². The molecule has 0 aromatic heterocycles. The van der Waals surface area contributed by atoms with E-state index in [0.29, 0.717) is 0 Å². The molecule has 2 heteroatoms. The third kappa shape index (κ3) is 5.12. The van der Waals surface area contributed by atoms with Crippen LogP contribution in [0.4, 0.5) is 11.4 Å². The predicted molar refractivity (Wildman–Crippen MR) is 77.5 cm³/mol. The van der Waals surface area contributed by atoms with E-state index in [0.717, 1.165) is 18.8 Å². The standard InChI is InChI=1S/C15H26N2/c1-3-5-6-7-13-17(12-4-2)15-10-8-14(16)9-11-15/h8-11H,3-7,12-13,16H2,1-2H3. The fourth-order valence-electron chi connectivity index (χ4n) is 2.05. The predicted octanol–water partition coefficient (Wildman–Crippen LogP) is 4.07. The van der Waals surface area contributed by atoms with Gasteiger partial charge in [0.15, 0.2) is 0 Å². The molecule has 0 aliphatic heterocycles. The van der Waals surface area contributed by atoms with Gasteiger partial charge in [-0.3, -0.25) is 0 Å². The highest BCUT2D eigenvalue weighted by Crippen LogP contribution is 2.17. The molecule has 0 aliphatic carbocycles. The van der Waals surface area contributed by atoms with Crippen LogP contribution in [0.5, 0.6) is 0 Å². The molecule has 17 heavy (non-hydrogen) atoms. The number of nitrogens with two attached hydrogens (primary N) is 1. The average Bonchev–Trinajstić information content (AvgIpc) is 2.34. The van der Waals surface area contributed by atoms with E-state index in [1.54, 1.807) is 0 Å². The van der Waals surface area contributed by atoms with E-state index in [9.17, 15) is 0 Å². The molecule has 0 heterocycles. The average molecular weight is 234 g/mol. The van der Waals surface area contributed by atoms with Gasteiger partial charge < -0.3 is 10.6 Å². The molecule has 0 saturated carbocycles. The molecule has 0 radical (unpaired) electrons. The molecule has 1 aromatic rings. The molecule has 96 valence electrons. The van der Waals surface area contributed by atoms with E-state index >= 15 is 0 Å². The van der Waals surface area contributed by atoms with Gasteiger partial charge in [0, 0.05) is 24.5 Å². The first-order valence-electron chi connectivity index (χ1n) is 6.88. The van der Waals surface area contributed by atoms with Gasteiger partial charge in [0.05, 0.1) is 0 Å². The van der Waals surface area contributed by atoms with E-state index in [-0.39, 0.29) is 0 Å². The lowest BCUT2D eigenvalue weighted by atomic mass is 10.2. The van der Waals surface area contributed by atoms with Crippen LogP contribution in [0.1, 0.15) is 46.0 Å². The second-order valence-corrected chi connectivity index (χ2v) is 4.64. The molecule has 0 fully saturated rings. The quantitative estimate of drug-likeness (QED) is 0.543. The summed E-state index contributed by atoms with van der Waals surface area (Å²) in [4.78, 5) is 2.47. The van der Waals surface area contributed by atoms with Crippen molar-refractivity contribution in [2.24, 2.45) is 0 Å². The topological polar surface area (TPSA) is 29.3 Å². The smallest absolute Gasteiger partial charge is 0.0367 e. The van der Waals surface area contributed by atoms with Gasteiger partial charge in [-0.1, -0.05) is 33.1 Å². The number of benzene rings is 1. The summed E-state index contributed by atoms with van der Waals surface area (Å²) < 4.78 is 0. The highest BCUT2D eigenvalue weighted by Gasteiger charge is 2.04. The van der Waals surface area contributed by atoms with Gasteiger partial charge in [0.1, 0.15) is 0 Å². The fourth-order valence-corrected chi connectivity index (χ4v) is 2.05. The van der Waals surface area contributed by atoms with Crippen molar-refractivity contribution in [1.82, 2.24) is 0 Å². The van der Waals surface area contributed by atoms with Crippen molar-refractivity contribution in [2.75, 3.05) is 23.7 Å². The molecule has 0 saturated heterocycles. The second-order valence-electron chi connectivity index (χ2n) is 4.64. The van der Waals surface area contributed by atoms with Gasteiger partial charge in [-0.2, -0.15) is 0 Å². The van der Waals surface area contributed by atoms with Crippen LogP contribution in [0, 0.1) is 0 Å². The number of unbranched alkanes of at least 4 members (excludes halogenated alkanes) is 3. The molecule has 0 aliphatic rings. The Morgan fingerprint density at radius 1 is 0.882 bits per heavy atom. The SMILES string of the molecule is CCCCCCN(CCC)c1ccc(N)cc1. The molecule has 0 atom stereocenters. The number of hydrogen-bond acceptors (Lipinski definition) is 2. The van der Waals surface area contributed by atoms with Crippen molar-refractivity contribution < 1.29 is 0 Å². The summed E-state index contributed by atoms with van der Waals surface area (Å²) in [5, 5.41) is 0. The Bertz CT molecular complexity index is 292. The van der Waals surface area contributed by atoms with E-state index < -0.39 is 0 Å². The number of nitrogen functional groups attached to an aromatic ring is 1. The lowest BCUT2D eigenvalue weighted by Gasteiger charge is -2.24. The Kier molecular flexibility index (Phi) is 6.53. The van der Waals surface area contributed by atoms with Crippen LogP contribution in [-0.2, 0) is 0 Å². The summed E-state index contributed by atoms with van der Waals surface area (Å²) in [5.41, 5.74) is 7.87. The van der Waals surface area contributed by atoms with Crippen molar-refractivity contribution in [1.29, 1.82) is 0 Å². The Hall–Kier alpha value is -1.18. The summed E-state index contributed by atoms with van der Waals surface area (Å²) in [7, 11) is 0. The highest BCUT2D eigenvalue weighted by atomic mass is 15.1. The monoisotopic (exact) mass is 234 g/mol. The van der Waals surface area contributed by atoms with Crippen molar-refractivity contribution in [3.05, 3.63) is 24.3 Å². The first kappa shape index (κ1) is 13.9. The minimum atomic E-state index is 0.844. The summed E-state index contributed by atoms with van der Waals surface area (Å²) in [6.45, 7) is 6.79. The second kappa shape index (κ2) is 7.99. The van der Waals surface area contributed by atoms with Gasteiger partial charge in [-0.05, 0) is 37.1 Å². The Morgan fingerprint density at radius 2 is 1.59 bits per heavy atom. The van der Waals surface area contributed by atoms with Crippen molar-refractivity contribution in [3.8, 4) is 0 Å². The molecular weight excluding hydrogens is 208 g/mol. The van der Waals surface area contributed by atoms with Crippen LogP contribution in [0.3, 0.4) is 0 Å². The van der Waals surface area contributed by atoms with E-state index in [4.69, 9.17) is 5.73 Å². The van der Waals surface area contributed by atoms with E-state index in [2.05, 4.69) is 30.9 Å². The lowest BCUT2D eigenvalue weighted by Crippen LogP contribution is -2.25. The van der Waals surface area contributed by atoms with Crippen LogP contribution < -0.4 is 10.6 Å². The zero-order chi connectivity index (χ0) is 12.5. The highest BCUT2D eigenvalue weighted by molar-refractivity contribution is 5.53. The van der Waals surface area contributed by atoms with E-state index in [1.807, 2.05) is 12.1 Å². The summed E-state index contributed by atoms with van der Waals surface area (Å²) in [5.74, 6) is 0. The minimum Gasteiger partial charge on any atom is -0.399 e. The summed E-state index contributed by atoms with van der Waals surface area (Å²) in [6.07, 6.45) is 6.47. The number of nitrogens with zero attached hydrogens (tertiary/aromatic N) is 1. The van der Waals surface area contributed by atoms with Gasteiger partial charge in [0.25, 0.3) is 0 Å². The normalized spacial score (nSPS) is 10.5. The molecule has 1 rings (SSSR count). The largest absolute Gasteiger partial charge is 0.399 e. The zero-order valence-electron chi connectivity index (χ0n) is 11.3. The number of hydrogen-bond donors (Lipinski definition) is 1. The molecule has 0 bridgehead atoms. The Labute approximate surface area is 106 Å². The first-order valence-corrected chi connectivity index (χ1v) is 6.88. The first-order chi connectivity index (χ1) is 8.27. The van der Waals surface area contributed by atoms with Crippen molar-refractivity contribution in [2.45, 2.75) is 46.0 Å². The lowest BCUT2D eigenvalue weighted by molar-refractivity contribution is 0.639. The molecule has 2 N–H and O–H groups in total. The minimum absolute atomic E-state index is 0.844. The molecule has 2 nitrogen and oxygen atoms in total. The van der Waals surface area contributed by atoms with E-state index in [1.165, 1.54) is 37.8 Å². The summed E-state index contributed by atoms with van der Waals surface area (Å²) >= 11 is 0. The van der Waals surface area contributed by atoms with Crippen LogP contribution in [0.2, 0.25) is 0 Å². The maximum atomic E-state index is 5.72. The van der Waals surface area contributed by atoms with Gasteiger partial charge in [0.2, 0.25) is 0 Å². The molecular formula is C15H26N2. The van der Waals surface area contributed by atoms with Crippen LogP contribution >= 0.6 is 0 Å². The Morgan fingerprint density at radius 3 is 2.18 bits per heavy atom. The van der Waals surface area contributed by atoms with Crippen LogP contribution in [0.25, 0.3) is 0 Å². The number of anilines is 2. The van der Waals surface area contributed by atoms with Crippen LogP contribution in [0.15, 0.2) is 24.3 Å². The molecule has 0 spiro atoms. The Balaban J connectivity index is 2.49. The maximum Gasteiger partial charge on any atom is 0.0367 e. The zero-order valence-corrected chi connectivity index (χ0v) is 11.3. The maximum absolute atomic E-state index is 5.72. The fraction of sp³-hybridized carbons (Fsp3) is 0.600. The van der Waals surface area contributed by atoms with Crippen molar-refractivity contribution in [3.63, 3.8) is 0 Å². The molecule has 0 unspecified atom stereocenters. The third-order valence-electron chi connectivity index (χ3n) is 3.03.